The molecule has 0 aromatic carbocycles. The fourth-order valence-electron chi connectivity index (χ4n) is 1.02. The molecule has 2 aliphatic rings. The van der Waals surface area contributed by atoms with Crippen molar-refractivity contribution in [1.82, 2.24) is 0 Å². The maximum Gasteiger partial charge on any atom is 0.280 e. The van der Waals surface area contributed by atoms with E-state index in [1.165, 1.54) is 0 Å². The molecule has 0 radical (unpaired) electrons. The van der Waals surface area contributed by atoms with E-state index in [0.29, 0.717) is 13.2 Å². The van der Waals surface area contributed by atoms with Crippen LogP contribution in [0, 0.1) is 0 Å². The average Bonchev–Trinajstić information content (AvgIpc) is 2.21. The van der Waals surface area contributed by atoms with Crippen molar-refractivity contribution in [2.45, 2.75) is 19.0 Å². The predicted octanol–water partition coefficient (Wildman–Crippen LogP) is 0.106. The summed E-state index contributed by atoms with van der Waals surface area (Å²) in [5, 5.41) is 0. The first kappa shape index (κ1) is 4.73. The molecule has 0 unspecified atom stereocenters. The molecule has 0 aromatic rings. The maximum atomic E-state index is 5.22. The van der Waals surface area contributed by atoms with Crippen LogP contribution in [0.3, 0.4) is 0 Å². The first-order valence-corrected chi connectivity index (χ1v) is 2.74. The Kier molecular flexibility index (Phi) is 0.730. The van der Waals surface area contributed by atoms with Crippen molar-refractivity contribution < 1.29 is 14.2 Å². The van der Waals surface area contributed by atoms with E-state index in [4.69, 9.17) is 14.2 Å². The van der Waals surface area contributed by atoms with E-state index in [9.17, 15) is 0 Å². The summed E-state index contributed by atoms with van der Waals surface area (Å²) in [7, 11) is 0. The first-order valence-electron chi connectivity index (χ1n) is 2.74. The summed E-state index contributed by atoms with van der Waals surface area (Å²) >= 11 is 0. The zero-order valence-corrected chi connectivity index (χ0v) is 4.72. The van der Waals surface area contributed by atoms with Gasteiger partial charge >= 0.3 is 0 Å². The lowest BCUT2D eigenvalue weighted by molar-refractivity contribution is -0.284. The van der Waals surface area contributed by atoms with Gasteiger partial charge in [-0.25, -0.2) is 0 Å². The minimum absolute atomic E-state index is 0.194. The lowest BCUT2D eigenvalue weighted by Crippen LogP contribution is -2.27. The van der Waals surface area contributed by atoms with Crippen LogP contribution < -0.4 is 0 Å². The van der Waals surface area contributed by atoms with E-state index in [1.807, 2.05) is 0 Å². The van der Waals surface area contributed by atoms with Crippen LogP contribution in [-0.2, 0) is 14.2 Å². The quantitative estimate of drug-likeness (QED) is 0.449. The molecule has 0 amide bonds. The van der Waals surface area contributed by atoms with Crippen molar-refractivity contribution in [2.75, 3.05) is 13.2 Å². The van der Waals surface area contributed by atoms with Crippen molar-refractivity contribution in [3.63, 3.8) is 0 Å². The Labute approximate surface area is 47.5 Å². The number of rotatable bonds is 0. The second kappa shape index (κ2) is 1.23. The van der Waals surface area contributed by atoms with Gasteiger partial charge in [0.1, 0.15) is 6.10 Å². The summed E-state index contributed by atoms with van der Waals surface area (Å²) in [4.78, 5) is 0. The van der Waals surface area contributed by atoms with Gasteiger partial charge in [0.05, 0.1) is 13.2 Å². The molecule has 0 aliphatic carbocycles. The molecule has 0 aromatic heterocycles. The highest BCUT2D eigenvalue weighted by Gasteiger charge is 2.45. The third-order valence-electron chi connectivity index (χ3n) is 1.44. The summed E-state index contributed by atoms with van der Waals surface area (Å²) in [6.07, 6.45) is 0.194. The van der Waals surface area contributed by atoms with Crippen LogP contribution >= 0.6 is 0 Å². The van der Waals surface area contributed by atoms with Crippen LogP contribution in [0.15, 0.2) is 0 Å². The molecule has 46 valence electrons. The lowest BCUT2D eigenvalue weighted by Gasteiger charge is -2.17. The Morgan fingerprint density at radius 3 is 2.12 bits per heavy atom. The van der Waals surface area contributed by atoms with Crippen molar-refractivity contribution >= 4 is 0 Å². The maximum absolute atomic E-state index is 5.22. The van der Waals surface area contributed by atoms with Crippen LogP contribution in [0.1, 0.15) is 6.92 Å². The molecule has 2 aliphatic heterocycles. The molecule has 0 N–H and O–H groups in total. The monoisotopic (exact) mass is 116 g/mol. The van der Waals surface area contributed by atoms with Gasteiger partial charge in [-0.15, -0.1) is 0 Å². The zero-order chi connectivity index (χ0) is 5.61. The van der Waals surface area contributed by atoms with Gasteiger partial charge in [0, 0.05) is 6.92 Å². The smallest absolute Gasteiger partial charge is 0.280 e. The topological polar surface area (TPSA) is 27.7 Å². The number of fused-ring (bicyclic) bond motifs is 2. The second-order valence-electron chi connectivity index (χ2n) is 2.22. The Balaban J connectivity index is 2.19. The van der Waals surface area contributed by atoms with Gasteiger partial charge < -0.3 is 14.2 Å². The third-order valence-corrected chi connectivity index (χ3v) is 1.44. The molecular weight excluding hydrogens is 108 g/mol. The molecule has 0 saturated carbocycles. The van der Waals surface area contributed by atoms with Crippen LogP contribution in [0.5, 0.6) is 0 Å². The fraction of sp³-hybridized carbons (Fsp3) is 1.00. The van der Waals surface area contributed by atoms with Crippen molar-refractivity contribution in [3.8, 4) is 0 Å². The Bertz CT molecular complexity index is 104. The molecule has 3 nitrogen and oxygen atoms in total. The summed E-state index contributed by atoms with van der Waals surface area (Å²) in [5.74, 6) is -0.690. The molecule has 2 fully saturated rings. The fourth-order valence-corrected chi connectivity index (χ4v) is 1.02. The van der Waals surface area contributed by atoms with Crippen molar-refractivity contribution in [2.24, 2.45) is 0 Å². The second-order valence-corrected chi connectivity index (χ2v) is 2.22. The number of hydrogen-bond donors (Lipinski definition) is 0. The molecular formula is C5H8O3. The normalized spacial score (nSPS) is 52.9. The lowest BCUT2D eigenvalue weighted by atomic mass is 10.4. The van der Waals surface area contributed by atoms with Crippen molar-refractivity contribution in [3.05, 3.63) is 0 Å². The third kappa shape index (κ3) is 0.491. The Hall–Kier alpha value is -0.120. The van der Waals surface area contributed by atoms with Gasteiger partial charge in [0.15, 0.2) is 0 Å². The summed E-state index contributed by atoms with van der Waals surface area (Å²) in [6.45, 7) is 3.17. The molecule has 0 atom stereocenters. The standard InChI is InChI=1S/C5H8O3/c1-5-6-2-4(8-5)3-7-5/h4H,2-3H2,1H3. The SMILES string of the molecule is CC12OCC(CO1)O2. The summed E-state index contributed by atoms with van der Waals surface area (Å²) in [6, 6.07) is 0. The van der Waals surface area contributed by atoms with E-state index < -0.39 is 5.97 Å². The van der Waals surface area contributed by atoms with E-state index in [2.05, 4.69) is 0 Å². The van der Waals surface area contributed by atoms with Crippen LogP contribution in [0.25, 0.3) is 0 Å². The summed E-state index contributed by atoms with van der Waals surface area (Å²) in [5.41, 5.74) is 0. The van der Waals surface area contributed by atoms with E-state index in [1.54, 1.807) is 6.92 Å². The molecule has 2 bridgehead atoms. The minimum atomic E-state index is -0.690. The van der Waals surface area contributed by atoms with Crippen molar-refractivity contribution in [1.29, 1.82) is 0 Å². The molecule has 2 heterocycles. The highest BCUT2D eigenvalue weighted by atomic mass is 16.9. The van der Waals surface area contributed by atoms with E-state index in [-0.39, 0.29) is 6.10 Å². The molecule has 8 heavy (non-hydrogen) atoms. The van der Waals surface area contributed by atoms with Crippen LogP contribution in [0.4, 0.5) is 0 Å². The van der Waals surface area contributed by atoms with E-state index >= 15 is 0 Å². The molecule has 0 spiro atoms. The number of ether oxygens (including phenoxy) is 3. The van der Waals surface area contributed by atoms with Gasteiger partial charge in [0.25, 0.3) is 5.97 Å². The molecule has 2 saturated heterocycles. The van der Waals surface area contributed by atoms with Crippen LogP contribution in [0.2, 0.25) is 0 Å². The Morgan fingerprint density at radius 1 is 1.38 bits per heavy atom. The van der Waals surface area contributed by atoms with Gasteiger partial charge in [-0.05, 0) is 0 Å². The van der Waals surface area contributed by atoms with Gasteiger partial charge in [-0.3, -0.25) is 0 Å². The number of hydrogen-bond acceptors (Lipinski definition) is 3. The van der Waals surface area contributed by atoms with Crippen LogP contribution in [-0.4, -0.2) is 25.3 Å². The van der Waals surface area contributed by atoms with Gasteiger partial charge in [0.2, 0.25) is 0 Å². The minimum Gasteiger partial charge on any atom is -0.325 e. The molecule has 2 rings (SSSR count). The predicted molar refractivity (Wildman–Crippen MR) is 25.2 cm³/mol. The zero-order valence-electron chi connectivity index (χ0n) is 4.72. The molecule has 3 heteroatoms. The van der Waals surface area contributed by atoms with E-state index in [0.717, 1.165) is 0 Å². The van der Waals surface area contributed by atoms with Gasteiger partial charge in [-0.1, -0.05) is 0 Å². The largest absolute Gasteiger partial charge is 0.325 e. The summed E-state index contributed by atoms with van der Waals surface area (Å²) < 4.78 is 15.4. The van der Waals surface area contributed by atoms with Gasteiger partial charge in [-0.2, -0.15) is 0 Å². The Morgan fingerprint density at radius 2 is 2.00 bits per heavy atom. The highest BCUT2D eigenvalue weighted by molar-refractivity contribution is 4.74. The average molecular weight is 116 g/mol. The highest BCUT2D eigenvalue weighted by Crippen LogP contribution is 2.31. The first-order chi connectivity index (χ1) is 3.79.